The van der Waals surface area contributed by atoms with Crippen molar-refractivity contribution in [2.75, 3.05) is 26.2 Å². The van der Waals surface area contributed by atoms with E-state index >= 15 is 0 Å². The van der Waals surface area contributed by atoms with Gasteiger partial charge in [0.2, 0.25) is 10.0 Å². The molecule has 2 aromatic rings. The number of benzene rings is 1. The molecule has 1 aromatic heterocycles. The summed E-state index contributed by atoms with van der Waals surface area (Å²) in [5.41, 5.74) is 2.36. The Morgan fingerprint density at radius 1 is 1.09 bits per heavy atom. The summed E-state index contributed by atoms with van der Waals surface area (Å²) in [4.78, 5) is 1.83. The summed E-state index contributed by atoms with van der Waals surface area (Å²) in [5.74, 6) is 0. The van der Waals surface area contributed by atoms with Crippen LogP contribution < -0.4 is 4.90 Å². The molecule has 0 aliphatic carbocycles. The van der Waals surface area contributed by atoms with Crippen molar-refractivity contribution in [2.45, 2.75) is 18.4 Å². The molecule has 0 radical (unpaired) electrons. The van der Waals surface area contributed by atoms with Crippen LogP contribution in [0, 0.1) is 6.92 Å². The summed E-state index contributed by atoms with van der Waals surface area (Å²) in [7, 11) is -1.31. The van der Waals surface area contributed by atoms with Crippen molar-refractivity contribution in [3.63, 3.8) is 0 Å². The van der Waals surface area contributed by atoms with Gasteiger partial charge in [-0.15, -0.1) is 0 Å². The quantitative estimate of drug-likeness (QED) is 0.881. The van der Waals surface area contributed by atoms with E-state index in [2.05, 4.69) is 10.6 Å². The van der Waals surface area contributed by atoms with E-state index in [0.29, 0.717) is 18.0 Å². The lowest BCUT2D eigenvalue weighted by Crippen LogP contribution is -3.13. The lowest BCUT2D eigenvalue weighted by molar-refractivity contribution is -0.917. The third-order valence-electron chi connectivity index (χ3n) is 4.57. The van der Waals surface area contributed by atoms with E-state index in [-0.39, 0.29) is 0 Å². The molecule has 23 heavy (non-hydrogen) atoms. The van der Waals surface area contributed by atoms with E-state index in [1.165, 1.54) is 10.6 Å². The molecule has 1 aromatic carbocycles. The maximum absolute atomic E-state index is 12.7. The third kappa shape index (κ3) is 3.49. The maximum Gasteiger partial charge on any atom is 0.243 e. The smallest absolute Gasteiger partial charge is 0.243 e. The van der Waals surface area contributed by atoms with Gasteiger partial charge in [0.1, 0.15) is 6.54 Å². The summed E-state index contributed by atoms with van der Waals surface area (Å²) < 4.78 is 29.1. The number of piperazine rings is 1. The van der Waals surface area contributed by atoms with Gasteiger partial charge in [0.25, 0.3) is 0 Å². The Bertz CT molecular complexity index is 757. The highest BCUT2D eigenvalue weighted by Crippen LogP contribution is 2.16. The second-order valence-corrected chi connectivity index (χ2v) is 8.19. The number of quaternary nitrogens is 1. The highest BCUT2D eigenvalue weighted by molar-refractivity contribution is 7.89. The van der Waals surface area contributed by atoms with Crippen LogP contribution >= 0.6 is 0 Å². The lowest BCUT2D eigenvalue weighted by atomic mass is 10.2. The summed E-state index contributed by atoms with van der Waals surface area (Å²) >= 11 is 0. The van der Waals surface area contributed by atoms with Crippen LogP contribution in [0.15, 0.2) is 47.5 Å². The molecular formula is C17H24N3O2S+. The molecule has 1 fully saturated rings. The van der Waals surface area contributed by atoms with Gasteiger partial charge in [-0.05, 0) is 31.2 Å². The average Bonchev–Trinajstić information content (AvgIpc) is 2.93. The first-order chi connectivity index (χ1) is 11.0. The number of sulfonamides is 1. The first-order valence-corrected chi connectivity index (χ1v) is 9.41. The van der Waals surface area contributed by atoms with Crippen LogP contribution in [-0.4, -0.2) is 43.5 Å². The Balaban J connectivity index is 1.64. The van der Waals surface area contributed by atoms with Gasteiger partial charge in [-0.1, -0.05) is 17.7 Å². The average molecular weight is 334 g/mol. The first kappa shape index (κ1) is 16.2. The molecule has 1 N–H and O–H groups in total. The van der Waals surface area contributed by atoms with Crippen LogP contribution in [0.1, 0.15) is 11.3 Å². The van der Waals surface area contributed by atoms with E-state index in [9.17, 15) is 8.42 Å². The van der Waals surface area contributed by atoms with Gasteiger partial charge in [0.05, 0.1) is 36.8 Å². The molecule has 3 rings (SSSR count). The number of hydrogen-bond donors (Lipinski definition) is 1. The van der Waals surface area contributed by atoms with E-state index in [1.54, 1.807) is 16.4 Å². The van der Waals surface area contributed by atoms with Gasteiger partial charge >= 0.3 is 0 Å². The summed E-state index contributed by atoms with van der Waals surface area (Å²) in [5, 5.41) is 0. The minimum absolute atomic E-state index is 0.397. The van der Waals surface area contributed by atoms with Crippen molar-refractivity contribution in [1.29, 1.82) is 0 Å². The molecule has 1 aliphatic heterocycles. The van der Waals surface area contributed by atoms with Crippen LogP contribution in [-0.2, 0) is 23.6 Å². The molecule has 5 nitrogen and oxygen atoms in total. The second kappa shape index (κ2) is 6.47. The highest BCUT2D eigenvalue weighted by atomic mass is 32.2. The number of hydrogen-bond acceptors (Lipinski definition) is 2. The molecule has 0 bridgehead atoms. The number of rotatable bonds is 4. The normalized spacial score (nSPS) is 17.5. The predicted octanol–water partition coefficient (Wildman–Crippen LogP) is 0.423. The van der Waals surface area contributed by atoms with Crippen molar-refractivity contribution in [1.82, 2.24) is 8.87 Å². The molecule has 1 saturated heterocycles. The molecule has 6 heteroatoms. The van der Waals surface area contributed by atoms with Crippen LogP contribution in [0.4, 0.5) is 0 Å². The topological polar surface area (TPSA) is 46.8 Å². The van der Waals surface area contributed by atoms with Gasteiger partial charge in [0, 0.05) is 13.2 Å². The van der Waals surface area contributed by atoms with Crippen molar-refractivity contribution >= 4 is 10.0 Å². The van der Waals surface area contributed by atoms with E-state index in [1.807, 2.05) is 38.4 Å². The monoisotopic (exact) mass is 334 g/mol. The fourth-order valence-corrected chi connectivity index (χ4v) is 4.46. The molecule has 0 amide bonds. The zero-order valence-electron chi connectivity index (χ0n) is 13.7. The third-order valence-corrected chi connectivity index (χ3v) is 6.48. The molecule has 0 unspecified atom stereocenters. The largest absolute Gasteiger partial charge is 0.350 e. The number of aryl methyl sites for hydroxylation is 2. The first-order valence-electron chi connectivity index (χ1n) is 7.97. The Hall–Kier alpha value is -1.63. The molecule has 0 saturated carbocycles. The Morgan fingerprint density at radius 3 is 2.30 bits per heavy atom. The number of nitrogens with one attached hydrogen (secondary N) is 1. The minimum Gasteiger partial charge on any atom is -0.350 e. The van der Waals surface area contributed by atoms with Crippen molar-refractivity contribution in [3.8, 4) is 0 Å². The molecular weight excluding hydrogens is 310 g/mol. The van der Waals surface area contributed by atoms with Gasteiger partial charge in [-0.25, -0.2) is 8.42 Å². The number of aromatic nitrogens is 1. The standard InChI is InChI=1S/C17H23N3O2S/c1-15-5-7-17(8-6-15)23(21,22)20-12-10-19(11-13-20)14-16-4-3-9-18(16)2/h3-9H,10-14H2,1-2H3/p+1. The van der Waals surface area contributed by atoms with Gasteiger partial charge in [-0.2, -0.15) is 4.31 Å². The molecule has 0 spiro atoms. The van der Waals surface area contributed by atoms with E-state index < -0.39 is 10.0 Å². The van der Waals surface area contributed by atoms with Gasteiger partial charge in [-0.3, -0.25) is 0 Å². The Labute approximate surface area is 138 Å². The molecule has 2 heterocycles. The zero-order valence-corrected chi connectivity index (χ0v) is 14.5. The van der Waals surface area contributed by atoms with Gasteiger partial charge in [0.15, 0.2) is 0 Å². The summed E-state index contributed by atoms with van der Waals surface area (Å²) in [6, 6.07) is 11.3. The van der Waals surface area contributed by atoms with Crippen LogP contribution in [0.25, 0.3) is 0 Å². The molecule has 0 atom stereocenters. The number of nitrogens with zero attached hydrogens (tertiary/aromatic N) is 2. The zero-order chi connectivity index (χ0) is 16.4. The lowest BCUT2D eigenvalue weighted by Gasteiger charge is -2.31. The van der Waals surface area contributed by atoms with Gasteiger partial charge < -0.3 is 9.47 Å². The molecule has 1 aliphatic rings. The van der Waals surface area contributed by atoms with Crippen LogP contribution in [0.3, 0.4) is 0 Å². The molecule has 124 valence electrons. The predicted molar refractivity (Wildman–Crippen MR) is 89.8 cm³/mol. The van der Waals surface area contributed by atoms with Crippen molar-refractivity contribution in [3.05, 3.63) is 53.9 Å². The van der Waals surface area contributed by atoms with E-state index in [4.69, 9.17) is 0 Å². The van der Waals surface area contributed by atoms with Crippen molar-refractivity contribution in [2.24, 2.45) is 7.05 Å². The summed E-state index contributed by atoms with van der Waals surface area (Å²) in [6.07, 6.45) is 2.05. The second-order valence-electron chi connectivity index (χ2n) is 6.25. The fourth-order valence-electron chi connectivity index (χ4n) is 3.02. The minimum atomic E-state index is -3.36. The van der Waals surface area contributed by atoms with Crippen LogP contribution in [0.5, 0.6) is 0 Å². The maximum atomic E-state index is 12.7. The Morgan fingerprint density at radius 2 is 1.74 bits per heavy atom. The fraction of sp³-hybridized carbons (Fsp3) is 0.412. The SMILES string of the molecule is Cc1ccc(S(=O)(=O)N2CC[NH+](Cc3cccn3C)CC2)cc1. The summed E-state index contributed by atoms with van der Waals surface area (Å²) in [6.45, 7) is 5.75. The highest BCUT2D eigenvalue weighted by Gasteiger charge is 2.30. The Kier molecular flexibility index (Phi) is 4.57. The van der Waals surface area contributed by atoms with Crippen LogP contribution in [0.2, 0.25) is 0 Å². The van der Waals surface area contributed by atoms with Crippen molar-refractivity contribution < 1.29 is 13.3 Å². The van der Waals surface area contributed by atoms with E-state index in [0.717, 1.165) is 25.2 Å².